The Morgan fingerprint density at radius 3 is 2.68 bits per heavy atom. The van der Waals surface area contributed by atoms with Crippen LogP contribution in [0.4, 0.5) is 15.8 Å². The average Bonchev–Trinajstić information content (AvgIpc) is 2.33. The Balaban J connectivity index is 2.49. The Kier molecular flexibility index (Phi) is 4.17. The third-order valence-electron chi connectivity index (χ3n) is 2.66. The van der Waals surface area contributed by atoms with Crippen molar-refractivity contribution in [2.75, 3.05) is 5.32 Å². The topological polar surface area (TPSA) is 38.0 Å². The standard InChI is InChI=1S/C14H12BrFN2S/c1-8-5-6-9(14(17)19)12(7-8)18-13-10(15)3-2-4-11(13)16/h2-7,18H,1H3,(H2,17,19). The number of halogens is 2. The second-order valence-electron chi connectivity index (χ2n) is 4.13. The van der Waals surface area contributed by atoms with Crippen LogP contribution < -0.4 is 11.1 Å². The summed E-state index contributed by atoms with van der Waals surface area (Å²) in [6.07, 6.45) is 0. The molecule has 0 aliphatic carbocycles. The monoisotopic (exact) mass is 338 g/mol. The summed E-state index contributed by atoms with van der Waals surface area (Å²) >= 11 is 8.33. The van der Waals surface area contributed by atoms with Crippen molar-refractivity contribution in [3.05, 3.63) is 57.8 Å². The van der Waals surface area contributed by atoms with Crippen molar-refractivity contribution in [2.45, 2.75) is 6.92 Å². The maximum absolute atomic E-state index is 13.8. The van der Waals surface area contributed by atoms with Gasteiger partial charge in [0.1, 0.15) is 10.8 Å². The first-order valence-electron chi connectivity index (χ1n) is 5.60. The number of anilines is 2. The third kappa shape index (κ3) is 3.11. The first-order valence-corrected chi connectivity index (χ1v) is 6.80. The summed E-state index contributed by atoms with van der Waals surface area (Å²) in [6, 6.07) is 10.4. The predicted octanol–water partition coefficient (Wildman–Crippen LogP) is 4.27. The van der Waals surface area contributed by atoms with E-state index in [1.54, 1.807) is 12.1 Å². The highest BCUT2D eigenvalue weighted by molar-refractivity contribution is 9.10. The van der Waals surface area contributed by atoms with E-state index in [1.165, 1.54) is 6.07 Å². The fourth-order valence-corrected chi connectivity index (χ4v) is 2.35. The summed E-state index contributed by atoms with van der Waals surface area (Å²) in [5.41, 5.74) is 8.47. The maximum atomic E-state index is 13.8. The first kappa shape index (κ1) is 14.0. The first-order chi connectivity index (χ1) is 8.99. The minimum absolute atomic E-state index is 0.273. The van der Waals surface area contributed by atoms with E-state index in [1.807, 2.05) is 25.1 Å². The Labute approximate surface area is 124 Å². The molecule has 0 atom stereocenters. The van der Waals surface area contributed by atoms with Crippen LogP contribution in [0.2, 0.25) is 0 Å². The van der Waals surface area contributed by atoms with E-state index in [0.29, 0.717) is 21.4 Å². The predicted molar refractivity (Wildman–Crippen MR) is 84.4 cm³/mol. The summed E-state index contributed by atoms with van der Waals surface area (Å²) in [6.45, 7) is 1.95. The Morgan fingerprint density at radius 1 is 1.32 bits per heavy atom. The zero-order valence-electron chi connectivity index (χ0n) is 10.2. The zero-order valence-corrected chi connectivity index (χ0v) is 12.6. The van der Waals surface area contributed by atoms with Gasteiger partial charge in [-0.05, 0) is 52.7 Å². The molecule has 19 heavy (non-hydrogen) atoms. The SMILES string of the molecule is Cc1ccc(C(N)=S)c(Nc2c(F)cccc2Br)c1. The molecule has 0 saturated heterocycles. The number of aryl methyl sites for hydroxylation is 1. The average molecular weight is 339 g/mol. The van der Waals surface area contributed by atoms with Gasteiger partial charge in [0.2, 0.25) is 0 Å². The van der Waals surface area contributed by atoms with Crippen molar-refractivity contribution in [1.82, 2.24) is 0 Å². The number of nitrogens with two attached hydrogens (primary N) is 1. The maximum Gasteiger partial charge on any atom is 0.147 e. The number of hydrogen-bond donors (Lipinski definition) is 2. The number of rotatable bonds is 3. The molecule has 5 heteroatoms. The van der Waals surface area contributed by atoms with E-state index in [9.17, 15) is 4.39 Å². The van der Waals surface area contributed by atoms with Gasteiger partial charge in [-0.2, -0.15) is 0 Å². The fourth-order valence-electron chi connectivity index (χ4n) is 1.73. The highest BCUT2D eigenvalue weighted by Gasteiger charge is 2.10. The minimum Gasteiger partial charge on any atom is -0.389 e. The van der Waals surface area contributed by atoms with Crippen molar-refractivity contribution in [2.24, 2.45) is 5.73 Å². The highest BCUT2D eigenvalue weighted by Crippen LogP contribution is 2.30. The number of hydrogen-bond acceptors (Lipinski definition) is 2. The highest BCUT2D eigenvalue weighted by atomic mass is 79.9. The Morgan fingerprint density at radius 2 is 2.05 bits per heavy atom. The van der Waals surface area contributed by atoms with E-state index in [-0.39, 0.29) is 10.8 Å². The molecular formula is C14H12BrFN2S. The van der Waals surface area contributed by atoms with Gasteiger partial charge in [0.15, 0.2) is 0 Å². The lowest BCUT2D eigenvalue weighted by Gasteiger charge is -2.14. The van der Waals surface area contributed by atoms with Crippen LogP contribution in [-0.2, 0) is 0 Å². The normalized spacial score (nSPS) is 10.3. The molecule has 0 saturated carbocycles. The van der Waals surface area contributed by atoms with Gasteiger partial charge in [0, 0.05) is 15.7 Å². The van der Waals surface area contributed by atoms with Crippen LogP contribution in [0.1, 0.15) is 11.1 Å². The summed E-state index contributed by atoms with van der Waals surface area (Å²) in [5, 5.41) is 3.04. The molecule has 0 heterocycles. The fraction of sp³-hybridized carbons (Fsp3) is 0.0714. The summed E-state index contributed by atoms with van der Waals surface area (Å²) in [7, 11) is 0. The molecule has 0 radical (unpaired) electrons. The van der Waals surface area contributed by atoms with Gasteiger partial charge in [-0.1, -0.05) is 24.4 Å². The van der Waals surface area contributed by atoms with Gasteiger partial charge in [-0.3, -0.25) is 0 Å². The molecule has 2 nitrogen and oxygen atoms in total. The minimum atomic E-state index is -0.343. The largest absolute Gasteiger partial charge is 0.389 e. The van der Waals surface area contributed by atoms with Crippen LogP contribution in [0.5, 0.6) is 0 Å². The molecule has 0 aromatic heterocycles. The molecule has 0 aliphatic heterocycles. The molecule has 0 fully saturated rings. The molecule has 0 spiro atoms. The summed E-state index contributed by atoms with van der Waals surface area (Å²) in [5.74, 6) is -0.343. The molecule has 2 rings (SSSR count). The van der Waals surface area contributed by atoms with Crippen LogP contribution >= 0.6 is 28.1 Å². The van der Waals surface area contributed by atoms with E-state index in [2.05, 4.69) is 21.2 Å². The van der Waals surface area contributed by atoms with Crippen molar-refractivity contribution in [1.29, 1.82) is 0 Å². The smallest absolute Gasteiger partial charge is 0.147 e. The zero-order chi connectivity index (χ0) is 14.0. The molecule has 3 N–H and O–H groups in total. The lowest BCUT2D eigenvalue weighted by Crippen LogP contribution is -2.12. The summed E-state index contributed by atoms with van der Waals surface area (Å²) in [4.78, 5) is 0.273. The van der Waals surface area contributed by atoms with Gasteiger partial charge < -0.3 is 11.1 Å². The molecular weight excluding hydrogens is 327 g/mol. The number of benzene rings is 2. The van der Waals surface area contributed by atoms with Gasteiger partial charge in [-0.25, -0.2) is 4.39 Å². The number of para-hydroxylation sites is 1. The van der Waals surface area contributed by atoms with E-state index in [0.717, 1.165) is 5.56 Å². The van der Waals surface area contributed by atoms with E-state index >= 15 is 0 Å². The van der Waals surface area contributed by atoms with Crippen LogP contribution in [0.3, 0.4) is 0 Å². The van der Waals surface area contributed by atoms with Gasteiger partial charge in [-0.15, -0.1) is 0 Å². The molecule has 2 aromatic carbocycles. The molecule has 0 amide bonds. The molecule has 0 aliphatic rings. The summed E-state index contributed by atoms with van der Waals surface area (Å²) < 4.78 is 14.5. The molecule has 98 valence electrons. The Hall–Kier alpha value is -1.46. The molecule has 0 unspecified atom stereocenters. The van der Waals surface area contributed by atoms with Gasteiger partial charge >= 0.3 is 0 Å². The van der Waals surface area contributed by atoms with E-state index in [4.69, 9.17) is 18.0 Å². The molecule has 0 bridgehead atoms. The lowest BCUT2D eigenvalue weighted by atomic mass is 10.1. The lowest BCUT2D eigenvalue weighted by molar-refractivity contribution is 0.631. The van der Waals surface area contributed by atoms with Crippen molar-refractivity contribution < 1.29 is 4.39 Å². The van der Waals surface area contributed by atoms with Crippen molar-refractivity contribution in [3.8, 4) is 0 Å². The van der Waals surface area contributed by atoms with Crippen LogP contribution in [-0.4, -0.2) is 4.99 Å². The van der Waals surface area contributed by atoms with E-state index < -0.39 is 0 Å². The van der Waals surface area contributed by atoms with Crippen LogP contribution in [0.25, 0.3) is 0 Å². The molecule has 2 aromatic rings. The van der Waals surface area contributed by atoms with Crippen LogP contribution in [0, 0.1) is 12.7 Å². The van der Waals surface area contributed by atoms with Crippen molar-refractivity contribution >= 4 is 44.5 Å². The van der Waals surface area contributed by atoms with Crippen LogP contribution in [0.15, 0.2) is 40.9 Å². The number of nitrogens with one attached hydrogen (secondary N) is 1. The second-order valence-corrected chi connectivity index (χ2v) is 5.43. The van der Waals surface area contributed by atoms with Crippen molar-refractivity contribution in [3.63, 3.8) is 0 Å². The second kappa shape index (κ2) is 5.67. The Bertz CT molecular complexity index is 623. The quantitative estimate of drug-likeness (QED) is 0.820. The van der Waals surface area contributed by atoms with Gasteiger partial charge in [0.25, 0.3) is 0 Å². The van der Waals surface area contributed by atoms with Gasteiger partial charge in [0.05, 0.1) is 5.69 Å². The number of thiocarbonyl (C=S) groups is 1. The third-order valence-corrected chi connectivity index (χ3v) is 3.54.